The van der Waals surface area contributed by atoms with Crippen molar-refractivity contribution in [1.29, 1.82) is 0 Å². The van der Waals surface area contributed by atoms with E-state index in [4.69, 9.17) is 11.6 Å². The topological polar surface area (TPSA) is 93.1 Å². The molecule has 0 fully saturated rings. The summed E-state index contributed by atoms with van der Waals surface area (Å²) in [7, 11) is -3.59. The summed E-state index contributed by atoms with van der Waals surface area (Å²) in [5.41, 5.74) is -1.02. The molecule has 0 saturated carbocycles. The summed E-state index contributed by atoms with van der Waals surface area (Å²) in [5, 5.41) is 6.41. The van der Waals surface area contributed by atoms with Crippen molar-refractivity contribution >= 4 is 38.9 Å². The Morgan fingerprint density at radius 3 is 2.35 bits per heavy atom. The second kappa shape index (κ2) is 8.23. The van der Waals surface area contributed by atoms with Gasteiger partial charge >= 0.3 is 6.18 Å². The number of halogens is 4. The minimum absolute atomic E-state index is 0.0748. The van der Waals surface area contributed by atoms with Crippen molar-refractivity contribution in [2.75, 3.05) is 16.3 Å². The van der Waals surface area contributed by atoms with Gasteiger partial charge in [0.1, 0.15) is 0 Å². The number of carbonyl (C=O) groups excluding carboxylic acids is 1. The summed E-state index contributed by atoms with van der Waals surface area (Å²) in [5.74, 6) is -1.05. The summed E-state index contributed by atoms with van der Waals surface area (Å²) in [6.45, 7) is 1.64. The molecule has 0 atom stereocenters. The molecule has 0 spiro atoms. The molecular formula is C19H16ClF3N4O3S. The number of nitrogens with zero attached hydrogens (tertiary/aromatic N) is 2. The third-order valence-corrected chi connectivity index (χ3v) is 4.99. The first-order chi connectivity index (χ1) is 14.3. The van der Waals surface area contributed by atoms with Gasteiger partial charge in [-0.3, -0.25) is 9.52 Å². The Balaban J connectivity index is 1.97. The molecule has 3 aromatic rings. The minimum atomic E-state index is -4.88. The quantitative estimate of drug-likeness (QED) is 0.572. The van der Waals surface area contributed by atoms with Crippen LogP contribution in [-0.4, -0.2) is 30.4 Å². The Morgan fingerprint density at radius 1 is 1.13 bits per heavy atom. The van der Waals surface area contributed by atoms with E-state index in [1.54, 1.807) is 6.92 Å². The van der Waals surface area contributed by atoms with Crippen LogP contribution in [0.5, 0.6) is 0 Å². The van der Waals surface area contributed by atoms with Gasteiger partial charge in [-0.05, 0) is 48.9 Å². The predicted octanol–water partition coefficient (Wildman–Crippen LogP) is 4.48. The highest BCUT2D eigenvalue weighted by Gasteiger charge is 2.40. The summed E-state index contributed by atoms with van der Waals surface area (Å²) < 4.78 is 67.1. The van der Waals surface area contributed by atoms with Crippen LogP contribution in [0.3, 0.4) is 0 Å². The lowest BCUT2D eigenvalue weighted by Crippen LogP contribution is -2.21. The molecule has 7 nitrogen and oxygen atoms in total. The number of benzene rings is 2. The van der Waals surface area contributed by atoms with E-state index in [1.807, 2.05) is 0 Å². The van der Waals surface area contributed by atoms with E-state index in [2.05, 4.69) is 15.1 Å². The van der Waals surface area contributed by atoms with E-state index >= 15 is 0 Å². The Bertz CT molecular complexity index is 1240. The van der Waals surface area contributed by atoms with E-state index in [1.165, 1.54) is 42.5 Å². The molecule has 0 unspecified atom stereocenters. The first kappa shape index (κ1) is 22.6. The van der Waals surface area contributed by atoms with Gasteiger partial charge in [0.05, 0.1) is 29.4 Å². The molecule has 0 bridgehead atoms. The maximum atomic E-state index is 13.8. The van der Waals surface area contributed by atoms with Gasteiger partial charge in [-0.25, -0.2) is 13.1 Å². The number of aryl methyl sites for hydroxylation is 1. The Kier molecular flexibility index (Phi) is 6.01. The van der Waals surface area contributed by atoms with Crippen LogP contribution in [0.2, 0.25) is 5.02 Å². The SMILES string of the molecule is Cc1ccc(NC(=O)c2cnn(-c3ccc(Cl)cc3)c2C(F)(F)F)cc1NS(C)(=O)=O. The fourth-order valence-electron chi connectivity index (χ4n) is 2.77. The summed E-state index contributed by atoms with van der Waals surface area (Å²) in [4.78, 5) is 12.6. The van der Waals surface area contributed by atoms with Gasteiger partial charge in [0.25, 0.3) is 5.91 Å². The van der Waals surface area contributed by atoms with Gasteiger partial charge in [-0.15, -0.1) is 0 Å². The van der Waals surface area contributed by atoms with E-state index in [0.717, 1.165) is 12.5 Å². The summed E-state index contributed by atoms with van der Waals surface area (Å²) >= 11 is 5.78. The normalized spacial score (nSPS) is 11.9. The summed E-state index contributed by atoms with van der Waals surface area (Å²) in [6.07, 6.45) is -3.10. The van der Waals surface area contributed by atoms with Crippen LogP contribution in [-0.2, 0) is 16.2 Å². The molecule has 1 heterocycles. The molecule has 164 valence electrons. The van der Waals surface area contributed by atoms with Crippen molar-refractivity contribution in [2.45, 2.75) is 13.1 Å². The highest BCUT2D eigenvalue weighted by Crippen LogP contribution is 2.34. The number of amides is 1. The molecule has 0 radical (unpaired) electrons. The number of rotatable bonds is 5. The Labute approximate surface area is 180 Å². The maximum absolute atomic E-state index is 13.8. The van der Waals surface area contributed by atoms with Gasteiger partial charge in [0, 0.05) is 10.7 Å². The molecule has 0 saturated heterocycles. The van der Waals surface area contributed by atoms with Crippen LogP contribution in [0.4, 0.5) is 24.5 Å². The highest BCUT2D eigenvalue weighted by molar-refractivity contribution is 7.92. The number of alkyl halides is 3. The average Bonchev–Trinajstić information content (AvgIpc) is 3.09. The third-order valence-electron chi connectivity index (χ3n) is 4.14. The van der Waals surface area contributed by atoms with Crippen LogP contribution < -0.4 is 10.0 Å². The number of anilines is 2. The second-order valence-corrected chi connectivity index (χ2v) is 8.84. The molecular weight excluding hydrogens is 457 g/mol. The maximum Gasteiger partial charge on any atom is 0.434 e. The smallest absolute Gasteiger partial charge is 0.322 e. The number of hydrogen-bond acceptors (Lipinski definition) is 4. The molecule has 0 aliphatic heterocycles. The van der Waals surface area contributed by atoms with E-state index in [9.17, 15) is 26.4 Å². The number of hydrogen-bond donors (Lipinski definition) is 2. The van der Waals surface area contributed by atoms with Gasteiger partial charge < -0.3 is 5.32 Å². The fraction of sp³-hybridized carbons (Fsp3) is 0.158. The van der Waals surface area contributed by atoms with Crippen molar-refractivity contribution in [3.05, 3.63) is 70.5 Å². The zero-order valence-corrected chi connectivity index (χ0v) is 17.7. The third kappa shape index (κ3) is 5.36. The molecule has 2 aromatic carbocycles. The lowest BCUT2D eigenvalue weighted by atomic mass is 10.1. The fourth-order valence-corrected chi connectivity index (χ4v) is 3.52. The predicted molar refractivity (Wildman–Crippen MR) is 111 cm³/mol. The Hall–Kier alpha value is -3.05. The van der Waals surface area contributed by atoms with Crippen molar-refractivity contribution in [1.82, 2.24) is 9.78 Å². The lowest BCUT2D eigenvalue weighted by Gasteiger charge is -2.14. The van der Waals surface area contributed by atoms with Crippen LogP contribution in [0, 0.1) is 6.92 Å². The zero-order chi connectivity index (χ0) is 23.0. The van der Waals surface area contributed by atoms with Crippen LogP contribution in [0.15, 0.2) is 48.7 Å². The molecule has 1 amide bonds. The van der Waals surface area contributed by atoms with E-state index in [-0.39, 0.29) is 17.1 Å². The Morgan fingerprint density at radius 2 is 1.77 bits per heavy atom. The first-order valence-corrected chi connectivity index (χ1v) is 10.9. The van der Waals surface area contributed by atoms with E-state index in [0.29, 0.717) is 15.3 Å². The number of sulfonamides is 1. The van der Waals surface area contributed by atoms with Crippen molar-refractivity contribution < 1.29 is 26.4 Å². The van der Waals surface area contributed by atoms with Crippen molar-refractivity contribution in [3.63, 3.8) is 0 Å². The number of carbonyl (C=O) groups is 1. The molecule has 1 aromatic heterocycles. The van der Waals surface area contributed by atoms with Gasteiger partial charge in [0.15, 0.2) is 5.69 Å². The largest absolute Gasteiger partial charge is 0.434 e. The standard InChI is InChI=1S/C19H16ClF3N4O3S/c1-11-3-6-13(9-16(11)26-31(2,29)30)25-18(28)15-10-24-27(17(15)19(21,22)23)14-7-4-12(20)5-8-14/h3-10,26H,1-2H3,(H,25,28). The van der Waals surface area contributed by atoms with Crippen LogP contribution >= 0.6 is 11.6 Å². The average molecular weight is 473 g/mol. The van der Waals surface area contributed by atoms with Gasteiger partial charge in [0.2, 0.25) is 10.0 Å². The molecule has 31 heavy (non-hydrogen) atoms. The first-order valence-electron chi connectivity index (χ1n) is 8.66. The van der Waals surface area contributed by atoms with Crippen LogP contribution in [0.1, 0.15) is 21.6 Å². The van der Waals surface area contributed by atoms with Gasteiger partial charge in [-0.1, -0.05) is 17.7 Å². The second-order valence-electron chi connectivity index (χ2n) is 6.65. The van der Waals surface area contributed by atoms with Gasteiger partial charge in [-0.2, -0.15) is 18.3 Å². The number of aromatic nitrogens is 2. The highest BCUT2D eigenvalue weighted by atomic mass is 35.5. The lowest BCUT2D eigenvalue weighted by molar-refractivity contribution is -0.143. The minimum Gasteiger partial charge on any atom is -0.322 e. The van der Waals surface area contributed by atoms with Crippen molar-refractivity contribution in [2.24, 2.45) is 0 Å². The van der Waals surface area contributed by atoms with Crippen LogP contribution in [0.25, 0.3) is 5.69 Å². The van der Waals surface area contributed by atoms with Crippen molar-refractivity contribution in [3.8, 4) is 5.69 Å². The number of nitrogens with one attached hydrogen (secondary N) is 2. The molecule has 2 N–H and O–H groups in total. The van der Waals surface area contributed by atoms with E-state index < -0.39 is 33.4 Å². The molecule has 3 rings (SSSR count). The molecule has 0 aliphatic rings. The summed E-state index contributed by atoms with van der Waals surface area (Å²) in [6, 6.07) is 9.76. The monoisotopic (exact) mass is 472 g/mol. The molecule has 0 aliphatic carbocycles. The molecule has 12 heteroatoms. The zero-order valence-electron chi connectivity index (χ0n) is 16.2.